The largest absolute Gasteiger partial charge is 0.381 e. The Morgan fingerprint density at radius 2 is 2.10 bits per heavy atom. The van der Waals surface area contributed by atoms with Gasteiger partial charge in [0.05, 0.1) is 6.61 Å². The third-order valence-electron chi connectivity index (χ3n) is 6.24. The number of H-pyrrole nitrogens is 1. The fourth-order valence-corrected chi connectivity index (χ4v) is 4.19. The standard InChI is InChI=1S/C23H33N3O2.ClH/c1-5-28-17-23(10-8-19-9-12-24-21(27)14-19)11-13-26(16-23)22(3,4)20-7-6-18(2)25-15-20;/h6-7,9,12,14-15H,5,8,10-11,13,16-17H2,1-4H3,(H,24,27);1H/t23-;/m0./s1. The normalized spacial score (nSPS) is 19.9. The lowest BCUT2D eigenvalue weighted by Crippen LogP contribution is -2.42. The molecule has 0 radical (unpaired) electrons. The smallest absolute Gasteiger partial charge is 0.248 e. The van der Waals surface area contributed by atoms with E-state index in [9.17, 15) is 4.79 Å². The number of hydrogen-bond donors (Lipinski definition) is 1. The quantitative estimate of drug-likeness (QED) is 0.699. The highest BCUT2D eigenvalue weighted by Crippen LogP contribution is 2.41. The number of aryl methyl sites for hydroxylation is 2. The van der Waals surface area contributed by atoms with E-state index in [0.29, 0.717) is 0 Å². The van der Waals surface area contributed by atoms with Crippen molar-refractivity contribution in [3.63, 3.8) is 0 Å². The van der Waals surface area contributed by atoms with Crippen molar-refractivity contribution in [2.75, 3.05) is 26.3 Å². The van der Waals surface area contributed by atoms with Gasteiger partial charge < -0.3 is 9.72 Å². The highest BCUT2D eigenvalue weighted by molar-refractivity contribution is 5.85. The van der Waals surface area contributed by atoms with Crippen molar-refractivity contribution in [3.8, 4) is 0 Å². The van der Waals surface area contributed by atoms with Gasteiger partial charge in [-0.2, -0.15) is 0 Å². The van der Waals surface area contributed by atoms with Crippen molar-refractivity contribution in [2.24, 2.45) is 5.41 Å². The predicted molar refractivity (Wildman–Crippen MR) is 120 cm³/mol. The van der Waals surface area contributed by atoms with E-state index in [1.807, 2.05) is 19.2 Å². The van der Waals surface area contributed by atoms with Gasteiger partial charge in [-0.3, -0.25) is 14.7 Å². The van der Waals surface area contributed by atoms with Gasteiger partial charge in [-0.15, -0.1) is 12.4 Å². The third-order valence-corrected chi connectivity index (χ3v) is 6.24. The summed E-state index contributed by atoms with van der Waals surface area (Å²) in [6.07, 6.45) is 6.78. The number of pyridine rings is 2. The summed E-state index contributed by atoms with van der Waals surface area (Å²) in [5, 5.41) is 0. The van der Waals surface area contributed by atoms with Gasteiger partial charge in [0.15, 0.2) is 0 Å². The van der Waals surface area contributed by atoms with Crippen molar-refractivity contribution in [3.05, 3.63) is 63.8 Å². The van der Waals surface area contributed by atoms with Gasteiger partial charge in [0.25, 0.3) is 0 Å². The molecule has 1 N–H and O–H groups in total. The number of aromatic nitrogens is 2. The Balaban J connectivity index is 0.00000300. The molecule has 160 valence electrons. The number of hydrogen-bond acceptors (Lipinski definition) is 4. The molecule has 0 aromatic carbocycles. The van der Waals surface area contributed by atoms with E-state index in [1.54, 1.807) is 12.3 Å². The first-order valence-electron chi connectivity index (χ1n) is 10.3. The number of rotatable bonds is 8. The predicted octanol–water partition coefficient (Wildman–Crippen LogP) is 4.10. The van der Waals surface area contributed by atoms with Gasteiger partial charge in [-0.1, -0.05) is 6.07 Å². The maximum absolute atomic E-state index is 11.6. The number of ether oxygens (including phenoxy) is 1. The fourth-order valence-electron chi connectivity index (χ4n) is 4.19. The number of halogens is 1. The molecule has 6 heteroatoms. The summed E-state index contributed by atoms with van der Waals surface area (Å²) in [4.78, 5) is 21.4. The first-order chi connectivity index (χ1) is 13.3. The molecule has 1 atom stereocenters. The van der Waals surface area contributed by atoms with Crippen LogP contribution in [0.5, 0.6) is 0 Å². The molecule has 3 rings (SSSR count). The van der Waals surface area contributed by atoms with Crippen LogP contribution in [0.3, 0.4) is 0 Å². The number of nitrogens with one attached hydrogen (secondary N) is 1. The van der Waals surface area contributed by atoms with Crippen LogP contribution in [0.1, 0.15) is 50.4 Å². The Hall–Kier alpha value is -1.69. The molecule has 0 spiro atoms. The van der Waals surface area contributed by atoms with Crippen LogP contribution in [0.25, 0.3) is 0 Å². The van der Waals surface area contributed by atoms with Crippen LogP contribution in [0.15, 0.2) is 41.5 Å². The summed E-state index contributed by atoms with van der Waals surface area (Å²) in [5.74, 6) is 0. The lowest BCUT2D eigenvalue weighted by molar-refractivity contribution is 0.0385. The average molecular weight is 420 g/mol. The van der Waals surface area contributed by atoms with Crippen molar-refractivity contribution in [2.45, 2.75) is 52.5 Å². The zero-order chi connectivity index (χ0) is 20.2. The summed E-state index contributed by atoms with van der Waals surface area (Å²) < 4.78 is 5.91. The average Bonchev–Trinajstić information content (AvgIpc) is 3.11. The van der Waals surface area contributed by atoms with Gasteiger partial charge in [0, 0.05) is 48.3 Å². The van der Waals surface area contributed by atoms with Crippen LogP contribution in [0.2, 0.25) is 0 Å². The molecule has 1 fully saturated rings. The molecule has 2 aromatic rings. The molecule has 0 aliphatic carbocycles. The van der Waals surface area contributed by atoms with Gasteiger partial charge >= 0.3 is 0 Å². The van der Waals surface area contributed by atoms with Crippen LogP contribution in [0.4, 0.5) is 0 Å². The van der Waals surface area contributed by atoms with Crippen LogP contribution in [-0.2, 0) is 16.7 Å². The summed E-state index contributed by atoms with van der Waals surface area (Å²) in [5.41, 5.74) is 3.41. The van der Waals surface area contributed by atoms with Gasteiger partial charge in [0.1, 0.15) is 0 Å². The summed E-state index contributed by atoms with van der Waals surface area (Å²) in [6.45, 7) is 12.2. The molecule has 1 aliphatic heterocycles. The van der Waals surface area contributed by atoms with Gasteiger partial charge in [-0.05, 0) is 76.8 Å². The molecular formula is C23H34ClN3O2. The molecule has 0 saturated carbocycles. The molecule has 5 nitrogen and oxygen atoms in total. The molecule has 2 aromatic heterocycles. The second kappa shape index (κ2) is 9.88. The minimum Gasteiger partial charge on any atom is -0.381 e. The van der Waals surface area contributed by atoms with E-state index in [-0.39, 0.29) is 28.9 Å². The van der Waals surface area contributed by atoms with E-state index in [2.05, 4.69) is 47.8 Å². The highest BCUT2D eigenvalue weighted by Gasteiger charge is 2.43. The van der Waals surface area contributed by atoms with Crippen LogP contribution in [0, 0.1) is 12.3 Å². The van der Waals surface area contributed by atoms with Crippen LogP contribution in [-0.4, -0.2) is 41.2 Å². The topological polar surface area (TPSA) is 58.2 Å². The second-order valence-electron chi connectivity index (χ2n) is 8.62. The van der Waals surface area contributed by atoms with Crippen LogP contribution < -0.4 is 5.56 Å². The first-order valence-corrected chi connectivity index (χ1v) is 10.3. The zero-order valence-electron chi connectivity index (χ0n) is 18.0. The molecule has 3 heterocycles. The summed E-state index contributed by atoms with van der Waals surface area (Å²) >= 11 is 0. The van der Waals surface area contributed by atoms with Gasteiger partial charge in [-0.25, -0.2) is 0 Å². The monoisotopic (exact) mass is 419 g/mol. The summed E-state index contributed by atoms with van der Waals surface area (Å²) in [7, 11) is 0. The number of aromatic amines is 1. The lowest BCUT2D eigenvalue weighted by atomic mass is 9.81. The Labute approximate surface area is 180 Å². The Morgan fingerprint density at radius 3 is 2.76 bits per heavy atom. The lowest BCUT2D eigenvalue weighted by Gasteiger charge is -2.38. The molecule has 1 aliphatic rings. The second-order valence-corrected chi connectivity index (χ2v) is 8.62. The first kappa shape index (κ1) is 23.6. The Morgan fingerprint density at radius 1 is 1.31 bits per heavy atom. The van der Waals surface area contributed by atoms with E-state index < -0.39 is 0 Å². The van der Waals surface area contributed by atoms with Crippen molar-refractivity contribution >= 4 is 12.4 Å². The van der Waals surface area contributed by atoms with Crippen molar-refractivity contribution in [1.82, 2.24) is 14.9 Å². The van der Waals surface area contributed by atoms with E-state index >= 15 is 0 Å². The Bertz CT molecular complexity index is 835. The molecule has 1 saturated heterocycles. The molecule has 0 bridgehead atoms. The zero-order valence-corrected chi connectivity index (χ0v) is 18.8. The van der Waals surface area contributed by atoms with Crippen LogP contribution >= 0.6 is 12.4 Å². The molecular weight excluding hydrogens is 386 g/mol. The minimum absolute atomic E-state index is 0. The van der Waals surface area contributed by atoms with E-state index in [0.717, 1.165) is 56.8 Å². The van der Waals surface area contributed by atoms with Gasteiger partial charge in [0.2, 0.25) is 5.56 Å². The highest BCUT2D eigenvalue weighted by atomic mass is 35.5. The molecule has 29 heavy (non-hydrogen) atoms. The SMILES string of the molecule is CCOC[C@@]1(CCc2cc[nH]c(=O)c2)CCN(C(C)(C)c2ccc(C)nc2)C1.Cl. The Kier molecular flexibility index (Phi) is 8.03. The van der Waals surface area contributed by atoms with E-state index in [4.69, 9.17) is 4.74 Å². The number of nitrogens with zero attached hydrogens (tertiary/aromatic N) is 2. The van der Waals surface area contributed by atoms with Crippen molar-refractivity contribution in [1.29, 1.82) is 0 Å². The molecule has 0 unspecified atom stereocenters. The number of likely N-dealkylation sites (tertiary alicyclic amines) is 1. The van der Waals surface area contributed by atoms with E-state index in [1.165, 1.54) is 5.56 Å². The maximum Gasteiger partial charge on any atom is 0.248 e. The third kappa shape index (κ3) is 5.68. The fraction of sp³-hybridized carbons (Fsp3) is 0.565. The maximum atomic E-state index is 11.6. The molecule has 0 amide bonds. The van der Waals surface area contributed by atoms with Crippen molar-refractivity contribution < 1.29 is 4.74 Å². The minimum atomic E-state index is -0.0709. The summed E-state index contributed by atoms with van der Waals surface area (Å²) in [6, 6.07) is 8.00.